The van der Waals surface area contributed by atoms with Crippen LogP contribution in [0, 0.1) is 0 Å². The second-order valence-electron chi connectivity index (χ2n) is 3.70. The van der Waals surface area contributed by atoms with Crippen molar-refractivity contribution in [1.82, 2.24) is 10.6 Å². The fourth-order valence-corrected chi connectivity index (χ4v) is 1.32. The summed E-state index contributed by atoms with van der Waals surface area (Å²) >= 11 is 0. The molecule has 4 heteroatoms. The third-order valence-corrected chi connectivity index (χ3v) is 1.97. The van der Waals surface area contributed by atoms with Crippen LogP contribution in [-0.4, -0.2) is 31.1 Å². The van der Waals surface area contributed by atoms with Crippen molar-refractivity contribution < 1.29 is 8.78 Å². The quantitative estimate of drug-likeness (QED) is 0.673. The van der Waals surface area contributed by atoms with Crippen LogP contribution in [0.2, 0.25) is 0 Å². The summed E-state index contributed by atoms with van der Waals surface area (Å²) in [6, 6.07) is 0.295. The Morgan fingerprint density at radius 3 is 2.67 bits per heavy atom. The van der Waals surface area contributed by atoms with Gasteiger partial charge >= 0.3 is 0 Å². The van der Waals surface area contributed by atoms with E-state index in [2.05, 4.69) is 10.6 Å². The molecule has 1 heterocycles. The van der Waals surface area contributed by atoms with Crippen LogP contribution in [0.3, 0.4) is 0 Å². The molecule has 12 heavy (non-hydrogen) atoms. The molecule has 2 nitrogen and oxygen atoms in total. The summed E-state index contributed by atoms with van der Waals surface area (Å²) in [4.78, 5) is 0. The number of nitrogens with one attached hydrogen (secondary N) is 2. The van der Waals surface area contributed by atoms with Crippen molar-refractivity contribution in [3.8, 4) is 0 Å². The van der Waals surface area contributed by atoms with Crippen molar-refractivity contribution in [2.45, 2.75) is 38.3 Å². The lowest BCUT2D eigenvalue weighted by Gasteiger charge is -2.13. The predicted molar refractivity (Wildman–Crippen MR) is 44.5 cm³/mol. The summed E-state index contributed by atoms with van der Waals surface area (Å²) in [7, 11) is 0. The molecule has 0 bridgehead atoms. The fraction of sp³-hybridized carbons (Fsp3) is 1.00. The Labute approximate surface area is 71.7 Å². The largest absolute Gasteiger partial charge is 0.313 e. The lowest BCUT2D eigenvalue weighted by molar-refractivity contribution is 0.0210. The molecule has 1 fully saturated rings. The van der Waals surface area contributed by atoms with Crippen LogP contribution in [-0.2, 0) is 0 Å². The van der Waals surface area contributed by atoms with E-state index in [1.165, 1.54) is 0 Å². The number of halogens is 2. The van der Waals surface area contributed by atoms with E-state index in [9.17, 15) is 8.78 Å². The number of rotatable bonds is 3. The Morgan fingerprint density at radius 2 is 2.25 bits per heavy atom. The molecule has 2 N–H and O–H groups in total. The van der Waals surface area contributed by atoms with Crippen LogP contribution in [0.1, 0.15) is 20.3 Å². The molecule has 1 saturated heterocycles. The highest BCUT2D eigenvalue weighted by Gasteiger charge is 2.38. The molecule has 0 amide bonds. The molecule has 0 radical (unpaired) electrons. The molecule has 0 aromatic rings. The zero-order chi connectivity index (χ0) is 9.19. The minimum absolute atomic E-state index is 0.0350. The van der Waals surface area contributed by atoms with E-state index in [-0.39, 0.29) is 19.0 Å². The first-order valence-electron chi connectivity index (χ1n) is 4.34. The summed E-state index contributed by atoms with van der Waals surface area (Å²) in [5.74, 6) is -2.50. The maximum atomic E-state index is 12.6. The first kappa shape index (κ1) is 9.86. The lowest BCUT2D eigenvalue weighted by Crippen LogP contribution is -2.37. The van der Waals surface area contributed by atoms with Gasteiger partial charge in [-0.3, -0.25) is 0 Å². The monoisotopic (exact) mass is 178 g/mol. The zero-order valence-corrected chi connectivity index (χ0v) is 7.53. The maximum absolute atomic E-state index is 12.6. The van der Waals surface area contributed by atoms with Crippen molar-refractivity contribution in [1.29, 1.82) is 0 Å². The third kappa shape index (κ3) is 3.03. The van der Waals surface area contributed by atoms with Crippen LogP contribution in [0.25, 0.3) is 0 Å². The molecule has 0 saturated carbocycles. The predicted octanol–water partition coefficient (Wildman–Crippen LogP) is 0.982. The highest BCUT2D eigenvalue weighted by molar-refractivity contribution is 4.88. The Bertz CT molecular complexity index is 148. The van der Waals surface area contributed by atoms with Gasteiger partial charge in [-0.1, -0.05) is 13.8 Å². The van der Waals surface area contributed by atoms with Gasteiger partial charge in [-0.15, -0.1) is 0 Å². The molecule has 1 unspecified atom stereocenters. The van der Waals surface area contributed by atoms with Crippen molar-refractivity contribution in [3.63, 3.8) is 0 Å². The molecule has 0 aromatic heterocycles. The topological polar surface area (TPSA) is 24.1 Å². The average Bonchev–Trinajstić information content (AvgIpc) is 2.26. The second-order valence-corrected chi connectivity index (χ2v) is 3.70. The van der Waals surface area contributed by atoms with E-state index in [0.29, 0.717) is 12.6 Å². The van der Waals surface area contributed by atoms with Crippen molar-refractivity contribution in [3.05, 3.63) is 0 Å². The zero-order valence-electron chi connectivity index (χ0n) is 7.53. The van der Waals surface area contributed by atoms with Gasteiger partial charge < -0.3 is 10.6 Å². The summed E-state index contributed by atoms with van der Waals surface area (Å²) < 4.78 is 25.3. The summed E-state index contributed by atoms with van der Waals surface area (Å²) in [5, 5.41) is 5.92. The standard InChI is InChI=1S/C8H16F2N2/c1-6(2)11-4-7-3-8(9,10)5-12-7/h6-7,11-12H,3-5H2,1-2H3. The van der Waals surface area contributed by atoms with E-state index in [4.69, 9.17) is 0 Å². The van der Waals surface area contributed by atoms with E-state index in [0.717, 1.165) is 0 Å². The molecule has 1 aliphatic heterocycles. The van der Waals surface area contributed by atoms with Gasteiger partial charge in [-0.05, 0) is 0 Å². The van der Waals surface area contributed by atoms with Gasteiger partial charge in [0.1, 0.15) is 0 Å². The molecule has 72 valence electrons. The van der Waals surface area contributed by atoms with Crippen LogP contribution in [0.4, 0.5) is 8.78 Å². The smallest absolute Gasteiger partial charge is 0.261 e. The Kier molecular flexibility index (Phi) is 3.01. The Balaban J connectivity index is 2.20. The lowest BCUT2D eigenvalue weighted by atomic mass is 10.2. The molecule has 1 aliphatic rings. The van der Waals surface area contributed by atoms with Crippen LogP contribution >= 0.6 is 0 Å². The number of alkyl halides is 2. The van der Waals surface area contributed by atoms with Gasteiger partial charge in [-0.2, -0.15) is 0 Å². The average molecular weight is 178 g/mol. The van der Waals surface area contributed by atoms with Crippen LogP contribution in [0.15, 0.2) is 0 Å². The van der Waals surface area contributed by atoms with Gasteiger partial charge in [-0.25, -0.2) is 8.78 Å². The molecule has 0 spiro atoms. The van der Waals surface area contributed by atoms with Crippen molar-refractivity contribution in [2.75, 3.05) is 13.1 Å². The summed E-state index contributed by atoms with van der Waals surface area (Å²) in [5.41, 5.74) is 0. The molecule has 1 atom stereocenters. The molecular weight excluding hydrogens is 162 g/mol. The van der Waals surface area contributed by atoms with E-state index < -0.39 is 5.92 Å². The molecule has 0 aromatic carbocycles. The first-order chi connectivity index (χ1) is 5.49. The fourth-order valence-electron chi connectivity index (χ4n) is 1.32. The van der Waals surface area contributed by atoms with Crippen molar-refractivity contribution >= 4 is 0 Å². The first-order valence-corrected chi connectivity index (χ1v) is 4.34. The van der Waals surface area contributed by atoms with E-state index >= 15 is 0 Å². The summed E-state index contributed by atoms with van der Waals surface area (Å²) in [6.07, 6.45) is -0.0350. The van der Waals surface area contributed by atoms with Crippen LogP contribution in [0.5, 0.6) is 0 Å². The van der Waals surface area contributed by atoms with Crippen LogP contribution < -0.4 is 10.6 Å². The number of hydrogen-bond acceptors (Lipinski definition) is 2. The van der Waals surface area contributed by atoms with Crippen molar-refractivity contribution in [2.24, 2.45) is 0 Å². The van der Waals surface area contributed by atoms with Gasteiger partial charge in [0.25, 0.3) is 5.92 Å². The third-order valence-electron chi connectivity index (χ3n) is 1.97. The van der Waals surface area contributed by atoms with Gasteiger partial charge in [0.2, 0.25) is 0 Å². The Morgan fingerprint density at radius 1 is 1.58 bits per heavy atom. The Hall–Kier alpha value is -0.220. The second kappa shape index (κ2) is 3.66. The molecule has 1 rings (SSSR count). The maximum Gasteiger partial charge on any atom is 0.261 e. The van der Waals surface area contributed by atoms with E-state index in [1.54, 1.807) is 0 Å². The highest BCUT2D eigenvalue weighted by Crippen LogP contribution is 2.24. The van der Waals surface area contributed by atoms with Gasteiger partial charge in [0.05, 0.1) is 6.54 Å². The minimum atomic E-state index is -2.50. The van der Waals surface area contributed by atoms with E-state index in [1.807, 2.05) is 13.8 Å². The SMILES string of the molecule is CC(C)NCC1CC(F)(F)CN1. The highest BCUT2D eigenvalue weighted by atomic mass is 19.3. The molecular formula is C8H16F2N2. The van der Waals surface area contributed by atoms with Gasteiger partial charge in [0, 0.05) is 25.0 Å². The minimum Gasteiger partial charge on any atom is -0.313 e. The molecule has 0 aliphatic carbocycles. The van der Waals surface area contributed by atoms with Gasteiger partial charge in [0.15, 0.2) is 0 Å². The number of hydrogen-bond donors (Lipinski definition) is 2. The normalized spacial score (nSPS) is 28.2. The summed E-state index contributed by atoms with van der Waals surface area (Å²) in [6.45, 7) is 4.48.